The van der Waals surface area contributed by atoms with E-state index in [0.29, 0.717) is 12.4 Å². The summed E-state index contributed by atoms with van der Waals surface area (Å²) >= 11 is 0. The van der Waals surface area contributed by atoms with Crippen LogP contribution >= 0.6 is 0 Å². The normalized spacial score (nSPS) is 16.0. The molecule has 0 spiro atoms. The van der Waals surface area contributed by atoms with Crippen molar-refractivity contribution >= 4 is 5.97 Å². The summed E-state index contributed by atoms with van der Waals surface area (Å²) in [5.74, 6) is -0.133. The molecule has 0 saturated heterocycles. The fraction of sp³-hybridized carbons (Fsp3) is 0.650. The zero-order chi connectivity index (χ0) is 18.1. The van der Waals surface area contributed by atoms with E-state index in [9.17, 15) is 9.18 Å². The first-order valence-electron chi connectivity index (χ1n) is 9.39. The lowest BCUT2D eigenvalue weighted by Gasteiger charge is -2.18. The van der Waals surface area contributed by atoms with Crippen LogP contribution in [0.25, 0.3) is 0 Å². The second-order valence-electron chi connectivity index (χ2n) is 6.79. The maximum Gasteiger partial charge on any atom is 0.302 e. The van der Waals surface area contributed by atoms with Gasteiger partial charge in [-0.15, -0.1) is 0 Å². The summed E-state index contributed by atoms with van der Waals surface area (Å²) in [5, 5.41) is 3.45. The van der Waals surface area contributed by atoms with Gasteiger partial charge in [-0.2, -0.15) is 0 Å². The third-order valence-electron chi connectivity index (χ3n) is 4.63. The van der Waals surface area contributed by atoms with E-state index in [1.54, 1.807) is 0 Å². The van der Waals surface area contributed by atoms with Crippen LogP contribution in [0, 0.1) is 5.82 Å². The Kier molecular flexibility index (Phi) is 8.19. The molecule has 1 atom stereocenters. The SMILES string of the molecule is CC(=O)OCCCCCN[C@H](C)c1ccc(F)c(OC2CCCC2)c1. The highest BCUT2D eigenvalue weighted by atomic mass is 19.1. The minimum absolute atomic E-state index is 0.139. The molecule has 1 saturated carbocycles. The van der Waals surface area contributed by atoms with Gasteiger partial charge >= 0.3 is 5.97 Å². The Hall–Kier alpha value is -1.62. The Morgan fingerprint density at radius 1 is 1.28 bits per heavy atom. The molecule has 140 valence electrons. The number of unbranched alkanes of at least 4 members (excludes halogenated alkanes) is 2. The summed E-state index contributed by atoms with van der Waals surface area (Å²) in [4.78, 5) is 10.7. The molecule has 2 rings (SSSR count). The van der Waals surface area contributed by atoms with E-state index < -0.39 is 0 Å². The number of halogens is 1. The fourth-order valence-corrected chi connectivity index (χ4v) is 3.12. The molecule has 0 unspecified atom stereocenters. The van der Waals surface area contributed by atoms with Crippen LogP contribution in [0.2, 0.25) is 0 Å². The average molecular weight is 351 g/mol. The molecule has 1 aliphatic carbocycles. The van der Waals surface area contributed by atoms with Crippen LogP contribution in [0.15, 0.2) is 18.2 Å². The van der Waals surface area contributed by atoms with Crippen LogP contribution in [0.1, 0.15) is 70.4 Å². The average Bonchev–Trinajstić information content (AvgIpc) is 3.08. The highest BCUT2D eigenvalue weighted by Gasteiger charge is 2.19. The summed E-state index contributed by atoms with van der Waals surface area (Å²) in [6, 6.07) is 5.28. The summed E-state index contributed by atoms with van der Waals surface area (Å²) < 4.78 is 24.7. The topological polar surface area (TPSA) is 47.6 Å². The third kappa shape index (κ3) is 7.02. The lowest BCUT2D eigenvalue weighted by molar-refractivity contribution is -0.141. The standard InChI is InChI=1S/C20H30FNO3/c1-15(22-12-6-3-7-13-24-16(2)23)17-10-11-19(21)20(14-17)25-18-8-4-5-9-18/h10-11,14-15,18,22H,3-9,12-13H2,1-2H3/t15-/m1/s1. The Labute approximate surface area is 150 Å². The number of hydrogen-bond acceptors (Lipinski definition) is 4. The molecule has 25 heavy (non-hydrogen) atoms. The first kappa shape index (κ1) is 19.7. The van der Waals surface area contributed by atoms with Crippen molar-refractivity contribution in [2.45, 2.75) is 70.9 Å². The van der Waals surface area contributed by atoms with Gasteiger partial charge in [0.25, 0.3) is 0 Å². The van der Waals surface area contributed by atoms with Crippen molar-refractivity contribution < 1.29 is 18.7 Å². The molecule has 5 heteroatoms. The molecule has 1 aromatic carbocycles. The third-order valence-corrected chi connectivity index (χ3v) is 4.63. The zero-order valence-electron chi connectivity index (χ0n) is 15.4. The summed E-state index contributed by atoms with van der Waals surface area (Å²) in [6.45, 7) is 4.87. The number of hydrogen-bond donors (Lipinski definition) is 1. The monoisotopic (exact) mass is 351 g/mol. The smallest absolute Gasteiger partial charge is 0.302 e. The van der Waals surface area contributed by atoms with Crippen LogP contribution in [0.3, 0.4) is 0 Å². The second kappa shape index (κ2) is 10.4. The molecular weight excluding hydrogens is 321 g/mol. The number of carbonyl (C=O) groups excluding carboxylic acids is 1. The first-order chi connectivity index (χ1) is 12.1. The number of nitrogens with one attached hydrogen (secondary N) is 1. The largest absolute Gasteiger partial charge is 0.487 e. The van der Waals surface area contributed by atoms with Crippen LogP contribution in [0.5, 0.6) is 5.75 Å². The molecule has 0 radical (unpaired) electrons. The van der Waals surface area contributed by atoms with E-state index in [1.807, 2.05) is 12.1 Å². The van der Waals surface area contributed by atoms with Crippen LogP contribution in [-0.2, 0) is 9.53 Å². The minimum atomic E-state index is -0.284. The molecule has 4 nitrogen and oxygen atoms in total. The lowest BCUT2D eigenvalue weighted by atomic mass is 10.1. The van der Waals surface area contributed by atoms with Crippen molar-refractivity contribution in [2.24, 2.45) is 0 Å². The van der Waals surface area contributed by atoms with Crippen molar-refractivity contribution in [3.05, 3.63) is 29.6 Å². The molecule has 0 amide bonds. The Morgan fingerprint density at radius 2 is 2.04 bits per heavy atom. The van der Waals surface area contributed by atoms with Gasteiger partial charge in [0.1, 0.15) is 0 Å². The lowest BCUT2D eigenvalue weighted by Crippen LogP contribution is -2.20. The number of carbonyl (C=O) groups is 1. The summed E-state index contributed by atoms with van der Waals surface area (Å²) in [5.41, 5.74) is 1.04. The zero-order valence-corrected chi connectivity index (χ0v) is 15.4. The molecule has 1 aliphatic rings. The maximum absolute atomic E-state index is 14.0. The van der Waals surface area contributed by atoms with Crippen molar-refractivity contribution in [1.82, 2.24) is 5.32 Å². The molecule has 0 heterocycles. The van der Waals surface area contributed by atoms with E-state index >= 15 is 0 Å². The van der Waals surface area contributed by atoms with Crippen LogP contribution < -0.4 is 10.1 Å². The van der Waals surface area contributed by atoms with Gasteiger partial charge in [0, 0.05) is 13.0 Å². The number of rotatable bonds is 10. The van der Waals surface area contributed by atoms with Crippen molar-refractivity contribution in [3.63, 3.8) is 0 Å². The van der Waals surface area contributed by atoms with Gasteiger partial charge in [0.15, 0.2) is 11.6 Å². The number of ether oxygens (including phenoxy) is 2. The van der Waals surface area contributed by atoms with Gasteiger partial charge in [0.2, 0.25) is 0 Å². The molecular formula is C20H30FNO3. The highest BCUT2D eigenvalue weighted by molar-refractivity contribution is 5.65. The first-order valence-corrected chi connectivity index (χ1v) is 9.39. The van der Waals surface area contributed by atoms with E-state index in [1.165, 1.54) is 25.8 Å². The van der Waals surface area contributed by atoms with Crippen molar-refractivity contribution in [1.29, 1.82) is 0 Å². The van der Waals surface area contributed by atoms with Gasteiger partial charge < -0.3 is 14.8 Å². The van der Waals surface area contributed by atoms with Crippen LogP contribution in [-0.4, -0.2) is 25.2 Å². The van der Waals surface area contributed by atoms with Gasteiger partial charge in [0.05, 0.1) is 12.7 Å². The van der Waals surface area contributed by atoms with E-state index in [-0.39, 0.29) is 23.9 Å². The predicted molar refractivity (Wildman–Crippen MR) is 96.2 cm³/mol. The quantitative estimate of drug-likeness (QED) is 0.497. The van der Waals surface area contributed by atoms with E-state index in [4.69, 9.17) is 9.47 Å². The molecule has 0 aromatic heterocycles. The summed E-state index contributed by atoms with van der Waals surface area (Å²) in [7, 11) is 0. The van der Waals surface area contributed by atoms with Gasteiger partial charge in [-0.25, -0.2) is 4.39 Å². The van der Waals surface area contributed by atoms with Gasteiger partial charge in [-0.1, -0.05) is 6.07 Å². The fourth-order valence-electron chi connectivity index (χ4n) is 3.12. The van der Waals surface area contributed by atoms with E-state index in [2.05, 4.69) is 12.2 Å². The Bertz CT molecular complexity index is 544. The molecule has 1 N–H and O–H groups in total. The molecule has 0 aliphatic heterocycles. The van der Waals surface area contributed by atoms with Crippen LogP contribution in [0.4, 0.5) is 4.39 Å². The predicted octanol–water partition coefficient (Wildman–Crippen LogP) is 4.53. The Balaban J connectivity index is 1.73. The van der Waals surface area contributed by atoms with Crippen molar-refractivity contribution in [2.75, 3.05) is 13.2 Å². The maximum atomic E-state index is 14.0. The van der Waals surface area contributed by atoms with Gasteiger partial charge in [-0.05, 0) is 76.1 Å². The Morgan fingerprint density at radius 3 is 2.76 bits per heavy atom. The van der Waals surface area contributed by atoms with Gasteiger partial charge in [-0.3, -0.25) is 4.79 Å². The summed E-state index contributed by atoms with van der Waals surface area (Å²) in [6.07, 6.45) is 7.43. The second-order valence-corrected chi connectivity index (χ2v) is 6.79. The molecule has 1 aromatic rings. The highest BCUT2D eigenvalue weighted by Crippen LogP contribution is 2.28. The number of esters is 1. The minimum Gasteiger partial charge on any atom is -0.487 e. The van der Waals surface area contributed by atoms with E-state index in [0.717, 1.165) is 44.2 Å². The van der Waals surface area contributed by atoms with Crippen molar-refractivity contribution in [3.8, 4) is 5.75 Å². The number of benzene rings is 1. The molecule has 0 bridgehead atoms. The molecule has 1 fully saturated rings.